The van der Waals surface area contributed by atoms with Crippen LogP contribution in [-0.4, -0.2) is 65.3 Å². The number of ether oxygens (including phenoxy) is 1. The highest BCUT2D eigenvalue weighted by molar-refractivity contribution is 8.18. The molecule has 8 heteroatoms. The van der Waals surface area contributed by atoms with Gasteiger partial charge < -0.3 is 14.7 Å². The van der Waals surface area contributed by atoms with Crippen LogP contribution in [0.2, 0.25) is 0 Å². The second kappa shape index (κ2) is 8.68. The molecule has 1 aromatic carbocycles. The summed E-state index contributed by atoms with van der Waals surface area (Å²) in [6.07, 6.45) is 1.58. The number of hydrogen-bond acceptors (Lipinski definition) is 6. The molecule has 0 aromatic heterocycles. The van der Waals surface area contributed by atoms with Gasteiger partial charge in [0.25, 0.3) is 11.1 Å². The molecule has 1 aliphatic heterocycles. The molecule has 1 aromatic rings. The van der Waals surface area contributed by atoms with Gasteiger partial charge in [-0.1, -0.05) is 18.2 Å². The third-order valence-electron chi connectivity index (χ3n) is 3.70. The summed E-state index contributed by atoms with van der Waals surface area (Å²) in [7, 11) is 1.53. The van der Waals surface area contributed by atoms with Gasteiger partial charge in [-0.05, 0) is 30.8 Å². The maximum absolute atomic E-state index is 12.5. The van der Waals surface area contributed by atoms with Crippen LogP contribution in [0.4, 0.5) is 4.79 Å². The van der Waals surface area contributed by atoms with Crippen molar-refractivity contribution in [1.82, 2.24) is 9.80 Å². The Morgan fingerprint density at radius 2 is 2.08 bits per heavy atom. The van der Waals surface area contributed by atoms with Crippen molar-refractivity contribution in [3.05, 3.63) is 34.7 Å². The average Bonchev–Trinajstić information content (AvgIpc) is 2.87. The largest absolute Gasteiger partial charge is 0.496 e. The Morgan fingerprint density at radius 1 is 1.36 bits per heavy atom. The number of aliphatic hydroxyl groups excluding tert-OH is 1. The maximum Gasteiger partial charge on any atom is 0.294 e. The number of carbonyl (C=O) groups is 3. The molecule has 2 rings (SSSR count). The number of carbonyl (C=O) groups excluding carboxylic acids is 3. The van der Waals surface area contributed by atoms with E-state index in [1.165, 1.54) is 12.0 Å². The summed E-state index contributed by atoms with van der Waals surface area (Å²) in [5, 5.41) is 8.48. The zero-order chi connectivity index (χ0) is 18.4. The van der Waals surface area contributed by atoms with E-state index in [0.717, 1.165) is 16.7 Å². The smallest absolute Gasteiger partial charge is 0.294 e. The number of nitrogens with zero attached hydrogens (tertiary/aromatic N) is 2. The Morgan fingerprint density at radius 3 is 2.72 bits per heavy atom. The third-order valence-corrected chi connectivity index (χ3v) is 4.60. The Labute approximate surface area is 150 Å². The zero-order valence-corrected chi connectivity index (χ0v) is 14.9. The van der Waals surface area contributed by atoms with Gasteiger partial charge in [0.15, 0.2) is 0 Å². The molecule has 1 aliphatic rings. The van der Waals surface area contributed by atoms with Gasteiger partial charge in [-0.2, -0.15) is 0 Å². The summed E-state index contributed by atoms with van der Waals surface area (Å²) in [5.41, 5.74) is 0.678. The van der Waals surface area contributed by atoms with Crippen molar-refractivity contribution in [2.24, 2.45) is 0 Å². The van der Waals surface area contributed by atoms with E-state index in [9.17, 15) is 14.4 Å². The minimum absolute atomic E-state index is 0.169. The standard InChI is InChI=1S/C17H20N2O5S/c1-3-18(8-9-20)15(21)11-19-16(22)14(25-17(19)23)10-12-6-4-5-7-13(12)24-2/h4-7,10,20H,3,8-9,11H2,1-2H3/b14-10-. The number of imide groups is 1. The van der Waals surface area contributed by atoms with Crippen molar-refractivity contribution >= 4 is 34.9 Å². The van der Waals surface area contributed by atoms with E-state index in [4.69, 9.17) is 9.84 Å². The number of amides is 3. The highest BCUT2D eigenvalue weighted by Gasteiger charge is 2.37. The monoisotopic (exact) mass is 364 g/mol. The van der Waals surface area contributed by atoms with E-state index in [1.807, 2.05) is 0 Å². The lowest BCUT2D eigenvalue weighted by molar-refractivity contribution is -0.136. The third kappa shape index (κ3) is 4.40. The van der Waals surface area contributed by atoms with Gasteiger partial charge in [-0.15, -0.1) is 0 Å². The Bertz CT molecular complexity index is 704. The van der Waals surface area contributed by atoms with Crippen LogP contribution in [0.5, 0.6) is 5.75 Å². The van der Waals surface area contributed by atoms with Crippen LogP contribution in [0.25, 0.3) is 6.08 Å². The molecule has 0 bridgehead atoms. The fourth-order valence-corrected chi connectivity index (χ4v) is 3.21. The first-order valence-corrected chi connectivity index (χ1v) is 8.60. The topological polar surface area (TPSA) is 87.2 Å². The van der Waals surface area contributed by atoms with Gasteiger partial charge in [0.2, 0.25) is 5.91 Å². The first kappa shape index (κ1) is 19.0. The van der Waals surface area contributed by atoms with Crippen molar-refractivity contribution in [1.29, 1.82) is 0 Å². The van der Waals surface area contributed by atoms with Gasteiger partial charge in [-0.25, -0.2) is 0 Å². The molecule has 0 radical (unpaired) electrons. The lowest BCUT2D eigenvalue weighted by Crippen LogP contribution is -2.43. The van der Waals surface area contributed by atoms with E-state index >= 15 is 0 Å². The van der Waals surface area contributed by atoms with Crippen LogP contribution in [-0.2, 0) is 9.59 Å². The van der Waals surface area contributed by atoms with E-state index in [-0.39, 0.29) is 30.5 Å². The normalized spacial score (nSPS) is 15.8. The Kier molecular flexibility index (Phi) is 6.60. The van der Waals surface area contributed by atoms with E-state index in [0.29, 0.717) is 17.9 Å². The Balaban J connectivity index is 2.17. The molecule has 0 saturated carbocycles. The lowest BCUT2D eigenvalue weighted by Gasteiger charge is -2.22. The molecule has 1 heterocycles. The number of thioether (sulfide) groups is 1. The number of benzene rings is 1. The molecule has 0 spiro atoms. The molecule has 0 aliphatic carbocycles. The number of methoxy groups -OCH3 is 1. The average molecular weight is 364 g/mol. The molecule has 1 saturated heterocycles. The summed E-state index contributed by atoms with van der Waals surface area (Å²) in [5.74, 6) is -0.294. The summed E-state index contributed by atoms with van der Waals surface area (Å²) in [4.78, 5) is 39.4. The van der Waals surface area contributed by atoms with Crippen molar-refractivity contribution in [2.75, 3.05) is 33.4 Å². The number of likely N-dealkylation sites (N-methyl/N-ethyl adjacent to an activating group) is 1. The summed E-state index contributed by atoms with van der Waals surface area (Å²) in [6, 6.07) is 7.14. The summed E-state index contributed by atoms with van der Waals surface area (Å²) < 4.78 is 5.23. The molecule has 0 atom stereocenters. The minimum atomic E-state index is -0.505. The number of para-hydroxylation sites is 1. The fraction of sp³-hybridized carbons (Fsp3) is 0.353. The Hall–Kier alpha value is -2.32. The van der Waals surface area contributed by atoms with E-state index < -0.39 is 11.1 Å². The first-order valence-electron chi connectivity index (χ1n) is 7.78. The SMILES string of the molecule is CCN(CCO)C(=O)CN1C(=O)S/C(=C\c2ccccc2OC)C1=O. The highest BCUT2D eigenvalue weighted by atomic mass is 32.2. The second-order valence-electron chi connectivity index (χ2n) is 5.21. The highest BCUT2D eigenvalue weighted by Crippen LogP contribution is 2.33. The van der Waals surface area contributed by atoms with Crippen LogP contribution in [0, 0.1) is 0 Å². The van der Waals surface area contributed by atoms with Crippen LogP contribution >= 0.6 is 11.8 Å². The van der Waals surface area contributed by atoms with Gasteiger partial charge in [0, 0.05) is 18.7 Å². The molecule has 25 heavy (non-hydrogen) atoms. The van der Waals surface area contributed by atoms with Gasteiger partial charge in [0.1, 0.15) is 12.3 Å². The molecule has 134 valence electrons. The minimum Gasteiger partial charge on any atom is -0.496 e. The van der Waals surface area contributed by atoms with Gasteiger partial charge >= 0.3 is 0 Å². The van der Waals surface area contributed by atoms with Gasteiger partial charge in [-0.3, -0.25) is 19.3 Å². The van der Waals surface area contributed by atoms with E-state index in [2.05, 4.69) is 0 Å². The first-order chi connectivity index (χ1) is 12.0. The predicted molar refractivity (Wildman–Crippen MR) is 95.0 cm³/mol. The molecule has 1 fully saturated rings. The van der Waals surface area contributed by atoms with E-state index in [1.54, 1.807) is 37.3 Å². The second-order valence-corrected chi connectivity index (χ2v) is 6.20. The number of hydrogen-bond donors (Lipinski definition) is 1. The molecule has 7 nitrogen and oxygen atoms in total. The van der Waals surface area contributed by atoms with Crippen molar-refractivity contribution in [3.63, 3.8) is 0 Å². The fourth-order valence-electron chi connectivity index (χ4n) is 2.38. The van der Waals surface area contributed by atoms with Crippen LogP contribution in [0.1, 0.15) is 12.5 Å². The van der Waals surface area contributed by atoms with Crippen LogP contribution < -0.4 is 4.74 Å². The van der Waals surface area contributed by atoms with Crippen LogP contribution in [0.15, 0.2) is 29.2 Å². The zero-order valence-electron chi connectivity index (χ0n) is 14.1. The van der Waals surface area contributed by atoms with Crippen molar-refractivity contribution < 1.29 is 24.2 Å². The van der Waals surface area contributed by atoms with Gasteiger partial charge in [0.05, 0.1) is 18.6 Å². The van der Waals surface area contributed by atoms with Crippen LogP contribution in [0.3, 0.4) is 0 Å². The number of aliphatic hydroxyl groups is 1. The molecule has 0 unspecified atom stereocenters. The molecular formula is C17H20N2O5S. The van der Waals surface area contributed by atoms with Crippen molar-refractivity contribution in [2.45, 2.75) is 6.92 Å². The maximum atomic E-state index is 12.5. The van der Waals surface area contributed by atoms with Crippen molar-refractivity contribution in [3.8, 4) is 5.75 Å². The lowest BCUT2D eigenvalue weighted by atomic mass is 10.2. The molecule has 1 N–H and O–H groups in total. The number of rotatable bonds is 7. The predicted octanol–water partition coefficient (Wildman–Crippen LogP) is 1.57. The molecule has 3 amide bonds. The summed E-state index contributed by atoms with van der Waals surface area (Å²) in [6.45, 7) is 1.83. The summed E-state index contributed by atoms with van der Waals surface area (Å²) >= 11 is 0.793. The molecular weight excluding hydrogens is 344 g/mol. The quantitative estimate of drug-likeness (QED) is 0.739.